The van der Waals surface area contributed by atoms with Crippen LogP contribution in [0.5, 0.6) is 0 Å². The minimum Gasteiger partial charge on any atom is -0.316 e. The number of rotatable bonds is 8. The lowest BCUT2D eigenvalue weighted by molar-refractivity contribution is 1.12. The van der Waals surface area contributed by atoms with Gasteiger partial charge < -0.3 is 13.7 Å². The maximum atomic E-state index is 5.23. The molecule has 0 bridgehead atoms. The lowest BCUT2D eigenvalue weighted by Crippen LogP contribution is -1.98. The standard InChI is InChI=1S/C43H29N3.C40H25N3/c1-5-13-30(14-6-1)33-21-22-36-39(27-33)37-23-25-46(43(37)38-24-26-45(42(36)38)34-19-11-4-12-20-34)35-28-40(31-15-7-2-8-16-31)44-41(29-35)32-17-9-3-10-18-32;1-2-14-34-32(13-1)39-33(15-8-24-41-39)35-22-23-36(42-40(34)35)28-10-7-9-27(25-28)26-18-20-29(21-19-26)43-37-16-5-3-11-30(37)31-12-4-6-17-38(31)43/h1-29H;1-25H. The van der Waals surface area contributed by atoms with Crippen molar-refractivity contribution in [2.24, 2.45) is 0 Å². The summed E-state index contributed by atoms with van der Waals surface area (Å²) in [5.41, 5.74) is 21.1. The number of pyridine rings is 3. The first kappa shape index (κ1) is 51.4. The molecule has 89 heavy (non-hydrogen) atoms. The van der Waals surface area contributed by atoms with Crippen molar-refractivity contribution in [1.29, 1.82) is 0 Å². The maximum Gasteiger partial charge on any atom is 0.0795 e. The van der Waals surface area contributed by atoms with Crippen LogP contribution in [-0.4, -0.2) is 28.7 Å². The van der Waals surface area contributed by atoms with E-state index in [0.29, 0.717) is 0 Å². The first-order valence-electron chi connectivity index (χ1n) is 30.2. The van der Waals surface area contributed by atoms with E-state index in [2.05, 4.69) is 317 Å². The van der Waals surface area contributed by atoms with Crippen molar-refractivity contribution in [3.05, 3.63) is 328 Å². The Balaban J connectivity index is 0.000000138. The third-order valence-electron chi connectivity index (χ3n) is 17.6. The molecule has 0 spiro atoms. The summed E-state index contributed by atoms with van der Waals surface area (Å²) in [5.74, 6) is 0. The molecule has 0 fully saturated rings. The van der Waals surface area contributed by atoms with Crippen molar-refractivity contribution in [2.75, 3.05) is 0 Å². The molecule has 0 N–H and O–H groups in total. The molecule has 0 aliphatic carbocycles. The van der Waals surface area contributed by atoms with Gasteiger partial charge in [0.05, 0.1) is 50.2 Å². The van der Waals surface area contributed by atoms with E-state index in [-0.39, 0.29) is 0 Å². The highest BCUT2D eigenvalue weighted by atomic mass is 15.0. The number of hydrogen-bond donors (Lipinski definition) is 0. The molecule has 0 atom stereocenters. The highest BCUT2D eigenvalue weighted by Crippen LogP contribution is 2.42. The Hall–Kier alpha value is -12.0. The zero-order valence-electron chi connectivity index (χ0n) is 48.4. The van der Waals surface area contributed by atoms with Crippen LogP contribution in [-0.2, 0) is 0 Å². The van der Waals surface area contributed by atoms with Crippen LogP contribution in [0.4, 0.5) is 0 Å². The molecule has 6 nitrogen and oxygen atoms in total. The van der Waals surface area contributed by atoms with Crippen molar-refractivity contribution in [3.8, 4) is 73.1 Å². The van der Waals surface area contributed by atoms with Gasteiger partial charge >= 0.3 is 0 Å². The second kappa shape index (κ2) is 21.5. The number of fused-ring (bicyclic) bond motifs is 15. The second-order valence-electron chi connectivity index (χ2n) is 22.7. The van der Waals surface area contributed by atoms with Gasteiger partial charge in [0.1, 0.15) is 0 Å². The fourth-order valence-corrected chi connectivity index (χ4v) is 13.4. The number of para-hydroxylation sites is 3. The first-order chi connectivity index (χ1) is 44.1. The molecular weight excluding hydrogens is 1080 g/mol. The Bertz CT molecular complexity index is 5560. The zero-order chi connectivity index (χ0) is 58.8. The van der Waals surface area contributed by atoms with Crippen LogP contribution in [0, 0.1) is 0 Å². The van der Waals surface area contributed by atoms with E-state index < -0.39 is 0 Å². The fourth-order valence-electron chi connectivity index (χ4n) is 13.4. The van der Waals surface area contributed by atoms with Crippen LogP contribution in [0.1, 0.15) is 0 Å². The zero-order valence-corrected chi connectivity index (χ0v) is 48.4. The van der Waals surface area contributed by atoms with E-state index in [1.54, 1.807) is 0 Å². The summed E-state index contributed by atoms with van der Waals surface area (Å²) in [5, 5.41) is 12.0. The van der Waals surface area contributed by atoms with Gasteiger partial charge in [-0.1, -0.05) is 218 Å². The number of hydrogen-bond acceptors (Lipinski definition) is 3. The Labute approximate surface area is 513 Å². The monoisotopic (exact) mass is 1130 g/mol. The van der Waals surface area contributed by atoms with E-state index >= 15 is 0 Å². The molecule has 6 aromatic heterocycles. The molecule has 0 unspecified atom stereocenters. The van der Waals surface area contributed by atoms with Crippen LogP contribution in [0.3, 0.4) is 0 Å². The molecule has 0 radical (unpaired) electrons. The summed E-state index contributed by atoms with van der Waals surface area (Å²) < 4.78 is 7.03. The predicted octanol–water partition coefficient (Wildman–Crippen LogP) is 21.5. The van der Waals surface area contributed by atoms with Crippen LogP contribution in [0.2, 0.25) is 0 Å². The Kier molecular flexibility index (Phi) is 12.4. The number of benzene rings is 12. The third-order valence-corrected chi connectivity index (χ3v) is 17.6. The van der Waals surface area contributed by atoms with E-state index in [0.717, 1.165) is 83.4 Å². The number of aromatic nitrogens is 6. The minimum atomic E-state index is 0.948. The van der Waals surface area contributed by atoms with E-state index in [9.17, 15) is 0 Å². The van der Waals surface area contributed by atoms with Crippen molar-refractivity contribution in [3.63, 3.8) is 0 Å². The fraction of sp³-hybridized carbons (Fsp3) is 0. The molecule has 0 amide bonds. The number of nitrogens with zero attached hydrogens (tertiary/aromatic N) is 6. The van der Waals surface area contributed by atoms with Gasteiger partial charge in [-0.25, -0.2) is 9.97 Å². The van der Waals surface area contributed by atoms with Gasteiger partial charge in [-0.05, 0) is 119 Å². The molecule has 6 heteroatoms. The van der Waals surface area contributed by atoms with Gasteiger partial charge in [0.25, 0.3) is 0 Å². The molecule has 18 aromatic rings. The topological polar surface area (TPSA) is 53.5 Å². The van der Waals surface area contributed by atoms with E-state index in [1.807, 2.05) is 24.4 Å². The quantitative estimate of drug-likeness (QED) is 0.143. The highest BCUT2D eigenvalue weighted by Gasteiger charge is 2.20. The van der Waals surface area contributed by atoms with E-state index in [4.69, 9.17) is 15.0 Å². The van der Waals surface area contributed by atoms with Crippen molar-refractivity contribution >= 4 is 87.0 Å². The largest absolute Gasteiger partial charge is 0.316 e. The summed E-state index contributed by atoms with van der Waals surface area (Å²) in [7, 11) is 0. The predicted molar refractivity (Wildman–Crippen MR) is 371 cm³/mol. The lowest BCUT2D eigenvalue weighted by Gasteiger charge is -2.15. The maximum absolute atomic E-state index is 5.23. The average molecular weight is 1140 g/mol. The van der Waals surface area contributed by atoms with Crippen LogP contribution < -0.4 is 0 Å². The van der Waals surface area contributed by atoms with Crippen molar-refractivity contribution in [2.45, 2.75) is 0 Å². The molecule has 0 aliphatic heterocycles. The summed E-state index contributed by atoms with van der Waals surface area (Å²) in [4.78, 5) is 15.1. The van der Waals surface area contributed by atoms with Crippen LogP contribution in [0.25, 0.3) is 160 Å². The summed E-state index contributed by atoms with van der Waals surface area (Å²) in [6, 6.07) is 110. The van der Waals surface area contributed by atoms with Gasteiger partial charge in [0.15, 0.2) is 0 Å². The van der Waals surface area contributed by atoms with Gasteiger partial charge in [-0.15, -0.1) is 0 Å². The second-order valence-corrected chi connectivity index (χ2v) is 22.7. The van der Waals surface area contributed by atoms with Gasteiger partial charge in [0.2, 0.25) is 0 Å². The molecular formula is C83H54N6. The van der Waals surface area contributed by atoms with Gasteiger partial charge in [0, 0.05) is 101 Å². The Morgan fingerprint density at radius 2 is 0.685 bits per heavy atom. The Morgan fingerprint density at radius 1 is 0.225 bits per heavy atom. The Morgan fingerprint density at radius 3 is 1.34 bits per heavy atom. The van der Waals surface area contributed by atoms with E-state index in [1.165, 1.54) is 76.6 Å². The van der Waals surface area contributed by atoms with Crippen molar-refractivity contribution in [1.82, 2.24) is 28.7 Å². The average Bonchev–Trinajstić information content (AvgIpc) is 1.79. The smallest absolute Gasteiger partial charge is 0.0795 e. The third kappa shape index (κ3) is 8.92. The van der Waals surface area contributed by atoms with Crippen LogP contribution >= 0.6 is 0 Å². The summed E-state index contributed by atoms with van der Waals surface area (Å²) >= 11 is 0. The van der Waals surface area contributed by atoms with Crippen LogP contribution in [0.15, 0.2) is 328 Å². The summed E-state index contributed by atoms with van der Waals surface area (Å²) in [6.45, 7) is 0. The normalized spacial score (nSPS) is 11.6. The molecule has 6 heterocycles. The minimum absolute atomic E-state index is 0.948. The summed E-state index contributed by atoms with van der Waals surface area (Å²) in [6.07, 6.45) is 6.29. The van der Waals surface area contributed by atoms with Gasteiger partial charge in [-0.2, -0.15) is 0 Å². The lowest BCUT2D eigenvalue weighted by atomic mass is 9.97. The molecule has 416 valence electrons. The first-order valence-corrected chi connectivity index (χ1v) is 30.2. The molecule has 0 saturated heterocycles. The SMILES string of the molecule is c1cc(-c2ccc(-n3c4ccccc4c4ccccc43)cc2)cc(-c2ccc3c4cccnc4c4ccccc4c3n2)c1.c1ccc(-c2ccc3c(c2)c2ccn(-c4cc(-c5ccccc5)nc(-c5ccccc5)c4)c2c2ccn(-c4ccccc4)c32)cc1. The van der Waals surface area contributed by atoms with Gasteiger partial charge in [-0.3, -0.25) is 4.98 Å². The molecule has 12 aromatic carbocycles. The van der Waals surface area contributed by atoms with Crippen molar-refractivity contribution < 1.29 is 0 Å². The highest BCUT2D eigenvalue weighted by molar-refractivity contribution is 6.26. The molecule has 18 rings (SSSR count). The molecule has 0 aliphatic rings. The molecule has 0 saturated carbocycles.